The summed E-state index contributed by atoms with van der Waals surface area (Å²) in [4.78, 5) is 0. The van der Waals surface area contributed by atoms with Gasteiger partial charge in [0.15, 0.2) is 0 Å². The summed E-state index contributed by atoms with van der Waals surface area (Å²) < 4.78 is 0. The minimum Gasteiger partial charge on any atom is -0.0654 e. The molecule has 1 atom stereocenters. The van der Waals surface area contributed by atoms with E-state index in [1.807, 2.05) is 0 Å². The molecule has 206 valence electrons. The maximum Gasteiger partial charge on any atom is -0.0443 e. The Bertz CT molecular complexity index is 344. The van der Waals surface area contributed by atoms with Gasteiger partial charge in [-0.05, 0) is 11.8 Å². The summed E-state index contributed by atoms with van der Waals surface area (Å²) in [5.74, 6) is 1.85. The van der Waals surface area contributed by atoms with Gasteiger partial charge in [-0.25, -0.2) is 0 Å². The van der Waals surface area contributed by atoms with Crippen LogP contribution in [0, 0.1) is 11.8 Å². The standard InChI is InChI=1S/C34H70/c1-5-6-7-8-9-10-11-12-13-14-15-16-17-18-19-20-21-22-23-24-25-28-31-34(4)32-29-26-27-30-33(2)3/h33-34H,5-32H2,1-4H3. The Morgan fingerprint density at radius 3 is 0.824 bits per heavy atom. The first-order valence-electron chi connectivity index (χ1n) is 16.7. The van der Waals surface area contributed by atoms with Gasteiger partial charge in [-0.1, -0.05) is 207 Å². The average molecular weight is 479 g/mol. The molecule has 0 aliphatic carbocycles. The quantitative estimate of drug-likeness (QED) is 0.0937. The van der Waals surface area contributed by atoms with Gasteiger partial charge in [-0.15, -0.1) is 0 Å². The van der Waals surface area contributed by atoms with Crippen molar-refractivity contribution in [3.05, 3.63) is 0 Å². The average Bonchev–Trinajstić information content (AvgIpc) is 2.82. The van der Waals surface area contributed by atoms with Crippen molar-refractivity contribution in [3.8, 4) is 0 Å². The van der Waals surface area contributed by atoms with Crippen LogP contribution in [0.4, 0.5) is 0 Å². The summed E-state index contributed by atoms with van der Waals surface area (Å²) in [5, 5.41) is 0. The normalized spacial score (nSPS) is 12.6. The zero-order chi connectivity index (χ0) is 25.0. The van der Waals surface area contributed by atoms with Crippen molar-refractivity contribution in [2.75, 3.05) is 0 Å². The molecule has 0 bridgehead atoms. The second-order valence-corrected chi connectivity index (χ2v) is 12.4. The van der Waals surface area contributed by atoms with E-state index in [0.29, 0.717) is 0 Å². The molecule has 0 aliphatic heterocycles. The molecule has 1 unspecified atom stereocenters. The van der Waals surface area contributed by atoms with Crippen LogP contribution in [0.3, 0.4) is 0 Å². The van der Waals surface area contributed by atoms with E-state index in [0.717, 1.165) is 11.8 Å². The number of unbranched alkanes of at least 4 members (excludes halogenated alkanes) is 23. The number of hydrogen-bond donors (Lipinski definition) is 0. The topological polar surface area (TPSA) is 0 Å². The molecule has 0 aromatic carbocycles. The highest BCUT2D eigenvalue weighted by Gasteiger charge is 2.03. The van der Waals surface area contributed by atoms with Crippen molar-refractivity contribution < 1.29 is 0 Å². The van der Waals surface area contributed by atoms with E-state index in [1.165, 1.54) is 180 Å². The second kappa shape index (κ2) is 29.2. The lowest BCUT2D eigenvalue weighted by atomic mass is 9.95. The molecule has 0 heterocycles. The molecule has 0 aromatic heterocycles. The third kappa shape index (κ3) is 30.0. The van der Waals surface area contributed by atoms with Crippen LogP contribution in [-0.4, -0.2) is 0 Å². The molecule has 0 nitrogen and oxygen atoms in total. The van der Waals surface area contributed by atoms with Crippen LogP contribution in [0.25, 0.3) is 0 Å². The predicted molar refractivity (Wildman–Crippen MR) is 159 cm³/mol. The van der Waals surface area contributed by atoms with Crippen LogP contribution in [0.5, 0.6) is 0 Å². The molecule has 0 heteroatoms. The van der Waals surface area contributed by atoms with E-state index in [4.69, 9.17) is 0 Å². The Kier molecular flexibility index (Phi) is 29.2. The fraction of sp³-hybridized carbons (Fsp3) is 1.00. The third-order valence-electron chi connectivity index (χ3n) is 8.03. The molecule has 0 amide bonds. The zero-order valence-electron chi connectivity index (χ0n) is 25.0. The molecule has 0 aromatic rings. The van der Waals surface area contributed by atoms with Gasteiger partial charge in [0.25, 0.3) is 0 Å². The van der Waals surface area contributed by atoms with E-state index >= 15 is 0 Å². The van der Waals surface area contributed by atoms with Crippen LogP contribution in [0.15, 0.2) is 0 Å². The fourth-order valence-corrected chi connectivity index (χ4v) is 5.47. The van der Waals surface area contributed by atoms with E-state index in [-0.39, 0.29) is 0 Å². The Morgan fingerprint density at radius 1 is 0.294 bits per heavy atom. The maximum atomic E-state index is 2.49. The summed E-state index contributed by atoms with van der Waals surface area (Å²) in [7, 11) is 0. The zero-order valence-corrected chi connectivity index (χ0v) is 25.0. The SMILES string of the molecule is CCCCCCCCCCCCCCCCCCCCCCCCC(C)CCCCCC(C)C. The first-order chi connectivity index (χ1) is 16.7. The maximum absolute atomic E-state index is 2.49. The summed E-state index contributed by atoms with van der Waals surface area (Å²) in [6.07, 6.45) is 41.3. The Labute approximate surface area is 219 Å². The van der Waals surface area contributed by atoms with Crippen molar-refractivity contribution in [1.29, 1.82) is 0 Å². The molecule has 0 radical (unpaired) electrons. The van der Waals surface area contributed by atoms with E-state index in [1.54, 1.807) is 0 Å². The van der Waals surface area contributed by atoms with Crippen molar-refractivity contribution in [2.24, 2.45) is 11.8 Å². The van der Waals surface area contributed by atoms with E-state index in [9.17, 15) is 0 Å². The van der Waals surface area contributed by atoms with Gasteiger partial charge < -0.3 is 0 Å². The highest BCUT2D eigenvalue weighted by atomic mass is 14.1. The van der Waals surface area contributed by atoms with Crippen molar-refractivity contribution in [3.63, 3.8) is 0 Å². The fourth-order valence-electron chi connectivity index (χ4n) is 5.47. The van der Waals surface area contributed by atoms with Gasteiger partial charge in [-0.2, -0.15) is 0 Å². The largest absolute Gasteiger partial charge is 0.0654 e. The van der Waals surface area contributed by atoms with Gasteiger partial charge >= 0.3 is 0 Å². The first kappa shape index (κ1) is 34.0. The lowest BCUT2D eigenvalue weighted by molar-refractivity contribution is 0.425. The van der Waals surface area contributed by atoms with Gasteiger partial charge in [0.05, 0.1) is 0 Å². The third-order valence-corrected chi connectivity index (χ3v) is 8.03. The van der Waals surface area contributed by atoms with E-state index < -0.39 is 0 Å². The Balaban J connectivity index is 3.10. The molecular weight excluding hydrogens is 408 g/mol. The molecule has 0 rings (SSSR count). The van der Waals surface area contributed by atoms with Crippen LogP contribution in [0.1, 0.15) is 207 Å². The molecule has 0 fully saturated rings. The first-order valence-corrected chi connectivity index (χ1v) is 16.7. The lowest BCUT2D eigenvalue weighted by Gasteiger charge is -2.11. The summed E-state index contributed by atoms with van der Waals surface area (Å²) in [6, 6.07) is 0. The van der Waals surface area contributed by atoms with Gasteiger partial charge in [-0.3, -0.25) is 0 Å². The summed E-state index contributed by atoms with van der Waals surface area (Å²) >= 11 is 0. The number of rotatable bonds is 29. The lowest BCUT2D eigenvalue weighted by Crippen LogP contribution is -1.95. The molecule has 0 spiro atoms. The van der Waals surface area contributed by atoms with Crippen LogP contribution in [-0.2, 0) is 0 Å². The van der Waals surface area contributed by atoms with Crippen molar-refractivity contribution in [1.82, 2.24) is 0 Å². The molecule has 0 saturated heterocycles. The van der Waals surface area contributed by atoms with E-state index in [2.05, 4.69) is 27.7 Å². The minimum atomic E-state index is 0.890. The highest BCUT2D eigenvalue weighted by Crippen LogP contribution is 2.19. The Hall–Kier alpha value is 0. The summed E-state index contributed by atoms with van der Waals surface area (Å²) in [5.41, 5.74) is 0. The van der Waals surface area contributed by atoms with Gasteiger partial charge in [0.1, 0.15) is 0 Å². The van der Waals surface area contributed by atoms with Crippen molar-refractivity contribution >= 4 is 0 Å². The molecule has 0 saturated carbocycles. The summed E-state index contributed by atoms with van der Waals surface area (Å²) in [6.45, 7) is 9.49. The number of hydrogen-bond acceptors (Lipinski definition) is 0. The Morgan fingerprint density at radius 2 is 0.529 bits per heavy atom. The van der Waals surface area contributed by atoms with Crippen molar-refractivity contribution in [2.45, 2.75) is 207 Å². The molecular formula is C34H70. The molecule has 0 aliphatic rings. The molecule has 34 heavy (non-hydrogen) atoms. The van der Waals surface area contributed by atoms with Gasteiger partial charge in [0.2, 0.25) is 0 Å². The highest BCUT2D eigenvalue weighted by molar-refractivity contribution is 4.57. The van der Waals surface area contributed by atoms with Crippen LogP contribution >= 0.6 is 0 Å². The van der Waals surface area contributed by atoms with Crippen LogP contribution in [0.2, 0.25) is 0 Å². The van der Waals surface area contributed by atoms with Gasteiger partial charge in [0, 0.05) is 0 Å². The second-order valence-electron chi connectivity index (χ2n) is 12.4. The smallest absolute Gasteiger partial charge is 0.0443 e. The van der Waals surface area contributed by atoms with Crippen LogP contribution < -0.4 is 0 Å². The monoisotopic (exact) mass is 479 g/mol. The molecule has 0 N–H and O–H groups in total. The minimum absolute atomic E-state index is 0.890. The predicted octanol–water partition coefficient (Wildman–Crippen LogP) is 13.2.